The van der Waals surface area contributed by atoms with E-state index in [0.29, 0.717) is 10.9 Å². The monoisotopic (exact) mass is 311 g/mol. The van der Waals surface area contributed by atoms with Crippen LogP contribution in [-0.4, -0.2) is 11.2 Å². The highest BCUT2D eigenvalue weighted by Crippen LogP contribution is 2.34. The van der Waals surface area contributed by atoms with Crippen molar-refractivity contribution in [3.63, 3.8) is 0 Å². The number of nitrogens with two attached hydrogens (primary N) is 1. The molecule has 0 aliphatic carbocycles. The van der Waals surface area contributed by atoms with Crippen molar-refractivity contribution in [1.29, 1.82) is 0 Å². The lowest BCUT2D eigenvalue weighted by Gasteiger charge is -2.20. The number of hydrogen-bond acceptors (Lipinski definition) is 2. The molecule has 1 aromatic rings. The molecule has 6 heteroatoms. The maximum absolute atomic E-state index is 12.5. The molecule has 1 rings (SSSR count). The quantitative estimate of drug-likeness (QED) is 0.900. The van der Waals surface area contributed by atoms with Crippen LogP contribution in [0.15, 0.2) is 22.7 Å². The van der Waals surface area contributed by atoms with Gasteiger partial charge in [-0.15, -0.1) is 0 Å². The van der Waals surface area contributed by atoms with Gasteiger partial charge in [-0.1, -0.05) is 22.9 Å². The molecule has 0 spiro atoms. The zero-order chi connectivity index (χ0) is 13.2. The Balaban J connectivity index is 3.15. The van der Waals surface area contributed by atoms with Crippen molar-refractivity contribution < 1.29 is 18.3 Å². The Morgan fingerprint density at radius 1 is 1.41 bits per heavy atom. The molecule has 17 heavy (non-hydrogen) atoms. The molecule has 0 saturated heterocycles. The van der Waals surface area contributed by atoms with Crippen LogP contribution in [0.25, 0.3) is 0 Å². The molecule has 0 fully saturated rings. The van der Waals surface area contributed by atoms with Crippen molar-refractivity contribution in [3.05, 3.63) is 33.8 Å². The Kier molecular flexibility index (Phi) is 4.57. The van der Waals surface area contributed by atoms with E-state index in [9.17, 15) is 18.3 Å². The minimum atomic E-state index is -4.41. The second-order valence-corrected chi connectivity index (χ2v) is 4.59. The van der Waals surface area contributed by atoms with Gasteiger partial charge in [0.1, 0.15) is 0 Å². The minimum Gasteiger partial charge on any atom is -0.391 e. The third-order valence-corrected chi connectivity index (χ3v) is 3.24. The normalized spacial score (nSPS) is 15.7. The van der Waals surface area contributed by atoms with E-state index < -0.39 is 23.9 Å². The van der Waals surface area contributed by atoms with Gasteiger partial charge in [-0.05, 0) is 30.2 Å². The first-order chi connectivity index (χ1) is 7.77. The molecule has 96 valence electrons. The SMILES string of the molecule is CC[C@H](O)[C@H](N)c1cc(C(F)(F)F)ccc1Br. The van der Waals surface area contributed by atoms with Crippen LogP contribution in [0, 0.1) is 0 Å². The van der Waals surface area contributed by atoms with Gasteiger partial charge in [-0.2, -0.15) is 13.2 Å². The van der Waals surface area contributed by atoms with E-state index >= 15 is 0 Å². The lowest BCUT2D eigenvalue weighted by Crippen LogP contribution is -2.26. The van der Waals surface area contributed by atoms with Gasteiger partial charge in [0.25, 0.3) is 0 Å². The first-order valence-electron chi connectivity index (χ1n) is 5.07. The highest BCUT2D eigenvalue weighted by Gasteiger charge is 2.31. The van der Waals surface area contributed by atoms with Crippen LogP contribution in [0.2, 0.25) is 0 Å². The third kappa shape index (κ3) is 3.43. The Morgan fingerprint density at radius 2 is 2.00 bits per heavy atom. The van der Waals surface area contributed by atoms with Crippen molar-refractivity contribution in [2.45, 2.75) is 31.7 Å². The third-order valence-electron chi connectivity index (χ3n) is 2.52. The van der Waals surface area contributed by atoms with E-state index in [1.807, 2.05) is 0 Å². The largest absolute Gasteiger partial charge is 0.416 e. The van der Waals surface area contributed by atoms with Crippen LogP contribution in [0.5, 0.6) is 0 Å². The fraction of sp³-hybridized carbons (Fsp3) is 0.455. The first-order valence-corrected chi connectivity index (χ1v) is 5.87. The van der Waals surface area contributed by atoms with E-state index in [0.717, 1.165) is 12.1 Å². The summed E-state index contributed by atoms with van der Waals surface area (Å²) in [6.45, 7) is 1.71. The summed E-state index contributed by atoms with van der Waals surface area (Å²) in [5.41, 5.74) is 5.20. The second-order valence-electron chi connectivity index (χ2n) is 3.74. The van der Waals surface area contributed by atoms with Gasteiger partial charge in [0.05, 0.1) is 17.7 Å². The Labute approximate surface area is 106 Å². The summed E-state index contributed by atoms with van der Waals surface area (Å²) >= 11 is 3.14. The van der Waals surface area contributed by atoms with Crippen molar-refractivity contribution in [2.24, 2.45) is 5.73 Å². The van der Waals surface area contributed by atoms with Gasteiger partial charge < -0.3 is 10.8 Å². The minimum absolute atomic E-state index is 0.258. The van der Waals surface area contributed by atoms with Gasteiger partial charge in [0, 0.05) is 4.47 Å². The van der Waals surface area contributed by atoms with E-state index in [4.69, 9.17) is 5.73 Å². The zero-order valence-corrected chi connectivity index (χ0v) is 10.7. The number of rotatable bonds is 3. The molecular formula is C11H13BrF3NO. The number of halogens is 4. The first kappa shape index (κ1) is 14.5. The van der Waals surface area contributed by atoms with E-state index in [-0.39, 0.29) is 5.56 Å². The Bertz CT molecular complexity index is 395. The summed E-state index contributed by atoms with van der Waals surface area (Å²) < 4.78 is 38.0. The van der Waals surface area contributed by atoms with Gasteiger partial charge in [0.15, 0.2) is 0 Å². The fourth-order valence-corrected chi connectivity index (χ4v) is 1.95. The number of hydrogen-bond donors (Lipinski definition) is 2. The molecule has 0 aliphatic rings. The average molecular weight is 312 g/mol. The standard InChI is InChI=1S/C11H13BrF3NO/c1-2-9(17)10(16)7-5-6(11(13,14)15)3-4-8(7)12/h3-5,9-10,17H,2,16H2,1H3/t9-,10+/m0/s1. The maximum atomic E-state index is 12.5. The topological polar surface area (TPSA) is 46.2 Å². The van der Waals surface area contributed by atoms with Crippen LogP contribution in [0.1, 0.15) is 30.5 Å². The summed E-state index contributed by atoms with van der Waals surface area (Å²) in [6, 6.07) is 2.39. The summed E-state index contributed by atoms with van der Waals surface area (Å²) in [5, 5.41) is 9.57. The highest BCUT2D eigenvalue weighted by molar-refractivity contribution is 9.10. The Morgan fingerprint density at radius 3 is 2.47 bits per heavy atom. The summed E-state index contributed by atoms with van der Waals surface area (Å²) in [7, 11) is 0. The number of alkyl halides is 3. The second kappa shape index (κ2) is 5.37. The molecule has 0 unspecified atom stereocenters. The lowest BCUT2D eigenvalue weighted by molar-refractivity contribution is -0.137. The number of benzene rings is 1. The Hall–Kier alpha value is -0.590. The summed E-state index contributed by atoms with van der Waals surface area (Å²) in [6.07, 6.45) is -4.90. The molecule has 2 atom stereocenters. The number of aliphatic hydroxyl groups excluding tert-OH is 1. The predicted octanol–water partition coefficient (Wildman–Crippen LogP) is 3.24. The van der Waals surface area contributed by atoms with Gasteiger partial charge in [0.2, 0.25) is 0 Å². The number of aliphatic hydroxyl groups is 1. The van der Waals surface area contributed by atoms with Crippen molar-refractivity contribution in [3.8, 4) is 0 Å². The molecule has 0 radical (unpaired) electrons. The van der Waals surface area contributed by atoms with Crippen molar-refractivity contribution in [2.75, 3.05) is 0 Å². The molecule has 0 aromatic heterocycles. The van der Waals surface area contributed by atoms with Gasteiger partial charge in [-0.25, -0.2) is 0 Å². The summed E-state index contributed by atoms with van der Waals surface area (Å²) in [5.74, 6) is 0. The van der Waals surface area contributed by atoms with E-state index in [1.165, 1.54) is 6.07 Å². The lowest BCUT2D eigenvalue weighted by atomic mass is 9.98. The van der Waals surface area contributed by atoms with Gasteiger partial charge >= 0.3 is 6.18 Å². The molecule has 0 heterocycles. The molecule has 3 N–H and O–H groups in total. The average Bonchev–Trinajstić information content (AvgIpc) is 2.26. The zero-order valence-electron chi connectivity index (χ0n) is 9.13. The van der Waals surface area contributed by atoms with E-state index in [2.05, 4.69) is 15.9 Å². The van der Waals surface area contributed by atoms with Crippen LogP contribution in [0.4, 0.5) is 13.2 Å². The van der Waals surface area contributed by atoms with Crippen LogP contribution in [0.3, 0.4) is 0 Å². The highest BCUT2D eigenvalue weighted by atomic mass is 79.9. The van der Waals surface area contributed by atoms with Crippen LogP contribution < -0.4 is 5.73 Å². The van der Waals surface area contributed by atoms with Crippen molar-refractivity contribution >= 4 is 15.9 Å². The van der Waals surface area contributed by atoms with Crippen LogP contribution >= 0.6 is 15.9 Å². The molecule has 0 bridgehead atoms. The molecule has 1 aromatic carbocycles. The maximum Gasteiger partial charge on any atom is 0.416 e. The van der Waals surface area contributed by atoms with E-state index in [1.54, 1.807) is 6.92 Å². The molecular weight excluding hydrogens is 299 g/mol. The van der Waals surface area contributed by atoms with Crippen LogP contribution in [-0.2, 0) is 6.18 Å². The van der Waals surface area contributed by atoms with Gasteiger partial charge in [-0.3, -0.25) is 0 Å². The molecule has 0 amide bonds. The van der Waals surface area contributed by atoms with Crippen molar-refractivity contribution in [1.82, 2.24) is 0 Å². The molecule has 0 saturated carbocycles. The fourth-order valence-electron chi connectivity index (χ4n) is 1.44. The smallest absolute Gasteiger partial charge is 0.391 e. The molecule has 2 nitrogen and oxygen atoms in total. The summed E-state index contributed by atoms with van der Waals surface area (Å²) in [4.78, 5) is 0. The predicted molar refractivity (Wildman–Crippen MR) is 62.4 cm³/mol. The molecule has 0 aliphatic heterocycles.